The first-order chi connectivity index (χ1) is 10.6. The smallest absolute Gasteiger partial charge is 0.346 e. The zero-order valence-electron chi connectivity index (χ0n) is 12.5. The molecule has 6 heteroatoms. The Labute approximate surface area is 127 Å². The zero-order chi connectivity index (χ0) is 16.1. The fourth-order valence-corrected chi connectivity index (χ4v) is 2.11. The maximum absolute atomic E-state index is 12.0. The van der Waals surface area contributed by atoms with Crippen molar-refractivity contribution in [2.45, 2.75) is 6.42 Å². The van der Waals surface area contributed by atoms with Crippen LogP contribution in [-0.2, 0) is 15.9 Å². The average Bonchev–Trinajstić information content (AvgIpc) is 2.92. The van der Waals surface area contributed by atoms with Gasteiger partial charge in [0.25, 0.3) is 5.95 Å². The summed E-state index contributed by atoms with van der Waals surface area (Å²) in [5, 5.41) is 0. The van der Waals surface area contributed by atoms with Crippen LogP contribution in [0.2, 0.25) is 0 Å². The van der Waals surface area contributed by atoms with Gasteiger partial charge in [-0.3, -0.25) is 0 Å². The first-order valence-electron chi connectivity index (χ1n) is 6.52. The summed E-state index contributed by atoms with van der Waals surface area (Å²) in [5.74, 6) is -1.19. The van der Waals surface area contributed by atoms with Gasteiger partial charge in [0.15, 0.2) is 5.56 Å². The number of esters is 2. The van der Waals surface area contributed by atoms with Gasteiger partial charge in [0.1, 0.15) is 11.3 Å². The van der Waals surface area contributed by atoms with Crippen LogP contribution in [0.1, 0.15) is 32.0 Å². The third-order valence-corrected chi connectivity index (χ3v) is 3.12. The number of carbonyl (C=O) groups excluding carboxylic acids is 2. The van der Waals surface area contributed by atoms with E-state index in [4.69, 9.17) is 18.6 Å². The summed E-state index contributed by atoms with van der Waals surface area (Å²) in [6, 6.07) is 9.39. The average molecular weight is 304 g/mol. The molecule has 0 saturated carbocycles. The molecule has 0 bridgehead atoms. The number of hydrogen-bond acceptors (Lipinski definition) is 6. The molecule has 2 rings (SSSR count). The van der Waals surface area contributed by atoms with Gasteiger partial charge in [0, 0.05) is 6.42 Å². The van der Waals surface area contributed by atoms with Gasteiger partial charge in [-0.05, 0) is 5.56 Å². The van der Waals surface area contributed by atoms with E-state index in [1.165, 1.54) is 21.3 Å². The Morgan fingerprint density at radius 2 is 1.55 bits per heavy atom. The molecule has 0 spiro atoms. The second-order valence-electron chi connectivity index (χ2n) is 4.41. The minimum Gasteiger partial charge on any atom is -0.468 e. The third-order valence-electron chi connectivity index (χ3n) is 3.12. The lowest BCUT2D eigenvalue weighted by atomic mass is 10.0. The second kappa shape index (κ2) is 6.80. The lowest BCUT2D eigenvalue weighted by Crippen LogP contribution is -2.12. The van der Waals surface area contributed by atoms with Crippen molar-refractivity contribution >= 4 is 11.9 Å². The van der Waals surface area contributed by atoms with Crippen molar-refractivity contribution in [2.75, 3.05) is 21.3 Å². The number of methoxy groups -OCH3 is 3. The summed E-state index contributed by atoms with van der Waals surface area (Å²) in [7, 11) is 3.79. The van der Waals surface area contributed by atoms with Crippen LogP contribution < -0.4 is 4.74 Å². The van der Waals surface area contributed by atoms with E-state index in [-0.39, 0.29) is 22.8 Å². The number of furan rings is 1. The Morgan fingerprint density at radius 1 is 0.955 bits per heavy atom. The highest BCUT2D eigenvalue weighted by Crippen LogP contribution is 2.32. The zero-order valence-corrected chi connectivity index (χ0v) is 12.5. The third kappa shape index (κ3) is 2.95. The van der Waals surface area contributed by atoms with E-state index in [1.807, 2.05) is 30.3 Å². The van der Waals surface area contributed by atoms with Gasteiger partial charge < -0.3 is 18.6 Å². The van der Waals surface area contributed by atoms with Crippen molar-refractivity contribution in [3.63, 3.8) is 0 Å². The molecular formula is C16H16O6. The van der Waals surface area contributed by atoms with Crippen LogP contribution in [0.25, 0.3) is 0 Å². The Morgan fingerprint density at radius 3 is 2.09 bits per heavy atom. The molecule has 22 heavy (non-hydrogen) atoms. The van der Waals surface area contributed by atoms with Crippen molar-refractivity contribution in [3.8, 4) is 5.95 Å². The molecule has 0 atom stereocenters. The molecule has 0 aliphatic carbocycles. The summed E-state index contributed by atoms with van der Waals surface area (Å²) in [5.41, 5.74) is 0.873. The van der Waals surface area contributed by atoms with Crippen LogP contribution in [0.15, 0.2) is 34.7 Å². The Bertz CT molecular complexity index is 671. The Balaban J connectivity index is 2.55. The number of hydrogen-bond donors (Lipinski definition) is 0. The SMILES string of the molecule is COC(=O)c1c(Cc2ccccc2)oc(OC)c1C(=O)OC. The molecule has 1 aromatic heterocycles. The molecule has 1 heterocycles. The highest BCUT2D eigenvalue weighted by Gasteiger charge is 2.32. The molecule has 1 aromatic carbocycles. The number of rotatable bonds is 5. The molecule has 0 saturated heterocycles. The van der Waals surface area contributed by atoms with Gasteiger partial charge >= 0.3 is 11.9 Å². The summed E-state index contributed by atoms with van der Waals surface area (Å²) in [6.07, 6.45) is 0.318. The first kappa shape index (κ1) is 15.6. The highest BCUT2D eigenvalue weighted by molar-refractivity contribution is 6.05. The van der Waals surface area contributed by atoms with Crippen LogP contribution in [0.5, 0.6) is 5.95 Å². The Hall–Kier alpha value is -2.76. The van der Waals surface area contributed by atoms with Crippen LogP contribution >= 0.6 is 0 Å². The van der Waals surface area contributed by atoms with Crippen molar-refractivity contribution < 1.29 is 28.2 Å². The van der Waals surface area contributed by atoms with E-state index in [9.17, 15) is 9.59 Å². The highest BCUT2D eigenvalue weighted by atomic mass is 16.6. The van der Waals surface area contributed by atoms with E-state index in [0.29, 0.717) is 6.42 Å². The van der Waals surface area contributed by atoms with Gasteiger partial charge in [-0.25, -0.2) is 9.59 Å². The fourth-order valence-electron chi connectivity index (χ4n) is 2.11. The molecule has 0 N–H and O–H groups in total. The van der Waals surface area contributed by atoms with Gasteiger partial charge in [-0.2, -0.15) is 0 Å². The second-order valence-corrected chi connectivity index (χ2v) is 4.41. The van der Waals surface area contributed by atoms with Crippen molar-refractivity contribution in [3.05, 3.63) is 52.8 Å². The molecule has 6 nitrogen and oxygen atoms in total. The summed E-state index contributed by atoms with van der Waals surface area (Å²) in [6.45, 7) is 0. The lowest BCUT2D eigenvalue weighted by molar-refractivity contribution is 0.0553. The normalized spacial score (nSPS) is 10.1. The maximum atomic E-state index is 12.0. The van der Waals surface area contributed by atoms with E-state index in [0.717, 1.165) is 5.56 Å². The minimum atomic E-state index is -0.722. The number of carbonyl (C=O) groups is 2. The minimum absolute atomic E-state index is 0.0232. The summed E-state index contributed by atoms with van der Waals surface area (Å²) < 4.78 is 20.0. The van der Waals surface area contributed by atoms with E-state index < -0.39 is 11.9 Å². The molecule has 0 amide bonds. The number of benzene rings is 1. The molecule has 0 aliphatic heterocycles. The first-order valence-corrected chi connectivity index (χ1v) is 6.52. The fraction of sp³-hybridized carbons (Fsp3) is 0.250. The van der Waals surface area contributed by atoms with Crippen molar-refractivity contribution in [1.29, 1.82) is 0 Å². The predicted molar refractivity (Wildman–Crippen MR) is 77.2 cm³/mol. The van der Waals surface area contributed by atoms with Gasteiger partial charge in [0.2, 0.25) is 0 Å². The van der Waals surface area contributed by atoms with Crippen molar-refractivity contribution in [1.82, 2.24) is 0 Å². The largest absolute Gasteiger partial charge is 0.468 e. The summed E-state index contributed by atoms with van der Waals surface area (Å²) >= 11 is 0. The predicted octanol–water partition coefficient (Wildman–Crippen LogP) is 2.45. The van der Waals surface area contributed by atoms with Gasteiger partial charge in [0.05, 0.1) is 21.3 Å². The van der Waals surface area contributed by atoms with Crippen LogP contribution in [0.4, 0.5) is 0 Å². The quantitative estimate of drug-likeness (QED) is 0.790. The number of ether oxygens (including phenoxy) is 3. The summed E-state index contributed by atoms with van der Waals surface area (Å²) in [4.78, 5) is 24.0. The maximum Gasteiger partial charge on any atom is 0.346 e. The molecule has 0 aliphatic rings. The van der Waals surface area contributed by atoms with Crippen LogP contribution in [-0.4, -0.2) is 33.3 Å². The molecular weight excluding hydrogens is 288 g/mol. The lowest BCUT2D eigenvalue weighted by Gasteiger charge is -2.03. The van der Waals surface area contributed by atoms with E-state index in [1.54, 1.807) is 0 Å². The van der Waals surface area contributed by atoms with Crippen LogP contribution in [0, 0.1) is 0 Å². The molecule has 2 aromatic rings. The topological polar surface area (TPSA) is 75.0 Å². The molecule has 0 fully saturated rings. The van der Waals surface area contributed by atoms with E-state index >= 15 is 0 Å². The molecule has 116 valence electrons. The van der Waals surface area contributed by atoms with Crippen LogP contribution in [0.3, 0.4) is 0 Å². The standard InChI is InChI=1S/C16H16O6/c1-19-14(17)12-11(9-10-7-5-4-6-8-10)22-16(21-3)13(12)15(18)20-2/h4-8H,9H2,1-3H3. The van der Waals surface area contributed by atoms with Gasteiger partial charge in [-0.15, -0.1) is 0 Å². The van der Waals surface area contributed by atoms with Gasteiger partial charge in [-0.1, -0.05) is 30.3 Å². The van der Waals surface area contributed by atoms with E-state index in [2.05, 4.69) is 0 Å². The molecule has 0 radical (unpaired) electrons. The van der Waals surface area contributed by atoms with Crippen molar-refractivity contribution in [2.24, 2.45) is 0 Å². The molecule has 0 unspecified atom stereocenters. The monoisotopic (exact) mass is 304 g/mol. The Kier molecular flexibility index (Phi) is 4.83.